The molecule has 1 unspecified atom stereocenters. The molecule has 0 aliphatic heterocycles. The summed E-state index contributed by atoms with van der Waals surface area (Å²) in [7, 11) is -3.73. The number of carbonyl (C=O) groups is 1. The van der Waals surface area contributed by atoms with Crippen molar-refractivity contribution in [2.45, 2.75) is 31.1 Å². The number of benzene rings is 2. The lowest BCUT2D eigenvalue weighted by atomic mass is 10.0. The van der Waals surface area contributed by atoms with Crippen LogP contribution in [0.15, 0.2) is 65.6 Å². The number of carbonyl (C=O) groups excluding carboxylic acids is 1. The first kappa shape index (κ1) is 25.4. The van der Waals surface area contributed by atoms with Crippen molar-refractivity contribution in [3.05, 3.63) is 99.4 Å². The number of pyridine rings is 1. The zero-order valence-electron chi connectivity index (χ0n) is 21.0. The number of fused-ring (bicyclic) bond motifs is 2. The van der Waals surface area contributed by atoms with Crippen LogP contribution in [0.1, 0.15) is 50.7 Å². The molecule has 1 aliphatic rings. The third kappa shape index (κ3) is 4.71. The summed E-state index contributed by atoms with van der Waals surface area (Å²) in [5.41, 5.74) is 3.74. The van der Waals surface area contributed by atoms with Crippen LogP contribution in [0.3, 0.4) is 0 Å². The molecule has 8 nitrogen and oxygen atoms in total. The Hall–Kier alpha value is -4.29. The molecule has 0 saturated carbocycles. The maximum atomic E-state index is 13.3. The Kier molecular flexibility index (Phi) is 6.59. The molecule has 9 heteroatoms. The van der Waals surface area contributed by atoms with Crippen LogP contribution in [-0.4, -0.2) is 42.0 Å². The van der Waals surface area contributed by atoms with Gasteiger partial charge in [-0.3, -0.25) is 14.6 Å². The van der Waals surface area contributed by atoms with Crippen LogP contribution in [0.5, 0.6) is 0 Å². The fraction of sp³-hybridized carbons (Fsp3) is 0.241. The zero-order valence-corrected chi connectivity index (χ0v) is 21.8. The fourth-order valence-corrected chi connectivity index (χ4v) is 6.36. The first-order valence-corrected chi connectivity index (χ1v) is 14.1. The summed E-state index contributed by atoms with van der Waals surface area (Å²) in [5, 5.41) is -0.817. The normalized spacial score (nSPS) is 15.6. The number of terminal acetylenes is 1. The first-order valence-electron chi connectivity index (χ1n) is 12.1. The van der Waals surface area contributed by atoms with Crippen LogP contribution in [0.25, 0.3) is 10.9 Å². The molecule has 0 radical (unpaired) electrons. The van der Waals surface area contributed by atoms with Gasteiger partial charge in [-0.2, -0.15) is 0 Å². The third-order valence-corrected chi connectivity index (χ3v) is 8.21. The van der Waals surface area contributed by atoms with E-state index in [1.165, 1.54) is 6.07 Å². The Morgan fingerprint density at radius 3 is 2.63 bits per heavy atom. The third-order valence-electron chi connectivity index (χ3n) is 6.87. The van der Waals surface area contributed by atoms with E-state index in [0.717, 1.165) is 30.2 Å². The molecule has 0 fully saturated rings. The van der Waals surface area contributed by atoms with E-state index in [1.807, 2.05) is 17.0 Å². The van der Waals surface area contributed by atoms with Crippen LogP contribution < -0.4 is 10.5 Å². The van der Waals surface area contributed by atoms with Crippen molar-refractivity contribution < 1.29 is 13.2 Å². The Morgan fingerprint density at radius 2 is 1.97 bits per heavy atom. The van der Waals surface area contributed by atoms with Crippen LogP contribution in [0.4, 0.5) is 5.69 Å². The molecular formula is C29H26N4O4S. The van der Waals surface area contributed by atoms with Gasteiger partial charge in [-0.25, -0.2) is 13.4 Å². The van der Waals surface area contributed by atoms with Crippen molar-refractivity contribution in [1.29, 1.82) is 0 Å². The fourth-order valence-electron chi connectivity index (χ4n) is 5.20. The van der Waals surface area contributed by atoms with Gasteiger partial charge in [0.25, 0.3) is 5.56 Å². The van der Waals surface area contributed by atoms with E-state index in [1.54, 1.807) is 49.5 Å². The number of aromatic amines is 1. The molecule has 2 atom stereocenters. The minimum absolute atomic E-state index is 0.0551. The molecule has 38 heavy (non-hydrogen) atoms. The molecule has 5 rings (SSSR count). The van der Waals surface area contributed by atoms with Crippen molar-refractivity contribution in [2.24, 2.45) is 0 Å². The van der Waals surface area contributed by atoms with Crippen molar-refractivity contribution in [3.63, 3.8) is 0 Å². The number of anilines is 1. The smallest absolute Gasteiger partial charge is 0.258 e. The standard InChI is InChI=1S/C29H26N4O4S/c1-4-14-33(26-13-10-20-15-25-23(16-22(20)26)29(35)32-18(2)31-25)21-11-12-24(30-17-21)27(34)28(38(3,36)37)19-8-6-5-7-9-19/h1,5-9,11-12,15-17,26,28H,10,13-14H2,2-3H3,(H,31,32,35)/t26-,28?/m1/s1. The monoisotopic (exact) mass is 526 g/mol. The Balaban J connectivity index is 1.49. The van der Waals surface area contributed by atoms with E-state index in [9.17, 15) is 18.0 Å². The first-order chi connectivity index (χ1) is 18.2. The molecular weight excluding hydrogens is 500 g/mol. The number of nitrogens with zero attached hydrogens (tertiary/aromatic N) is 3. The summed E-state index contributed by atoms with van der Waals surface area (Å²) in [6, 6.07) is 15.4. The number of aryl methyl sites for hydroxylation is 2. The lowest BCUT2D eigenvalue weighted by Crippen LogP contribution is -2.28. The van der Waals surface area contributed by atoms with E-state index in [0.29, 0.717) is 28.0 Å². The molecule has 192 valence electrons. The van der Waals surface area contributed by atoms with Gasteiger partial charge in [-0.1, -0.05) is 36.3 Å². The SMILES string of the molecule is C#CCN(c1ccc(C(=O)C(c2ccccc2)S(C)(=O)=O)nc1)[C@@H]1CCc2cc3nc(C)[nH]c(=O)c3cc21. The van der Waals surface area contributed by atoms with Crippen molar-refractivity contribution in [2.75, 3.05) is 17.7 Å². The summed E-state index contributed by atoms with van der Waals surface area (Å²) in [4.78, 5) is 39.4. The Bertz CT molecular complexity index is 1740. The molecule has 1 aliphatic carbocycles. The number of H-pyrrole nitrogens is 1. The average molecular weight is 527 g/mol. The number of ketones is 1. The number of aromatic nitrogens is 3. The molecule has 0 amide bonds. The molecule has 0 spiro atoms. The minimum Gasteiger partial charge on any atom is -0.352 e. The maximum absolute atomic E-state index is 13.3. The summed E-state index contributed by atoms with van der Waals surface area (Å²) in [5.74, 6) is 2.68. The van der Waals surface area contributed by atoms with Gasteiger partial charge >= 0.3 is 0 Å². The van der Waals surface area contributed by atoms with Crippen LogP contribution in [-0.2, 0) is 16.3 Å². The van der Waals surface area contributed by atoms with Gasteiger partial charge in [0.1, 0.15) is 11.5 Å². The number of rotatable bonds is 7. The lowest BCUT2D eigenvalue weighted by Gasteiger charge is -2.30. The van der Waals surface area contributed by atoms with Gasteiger partial charge in [0.2, 0.25) is 5.78 Å². The molecule has 2 aromatic heterocycles. The summed E-state index contributed by atoms with van der Waals surface area (Å²) in [6.07, 6.45) is 9.91. The highest BCUT2D eigenvalue weighted by Crippen LogP contribution is 2.39. The molecule has 2 heterocycles. The van der Waals surface area contributed by atoms with Gasteiger partial charge in [-0.05, 0) is 60.7 Å². The summed E-state index contributed by atoms with van der Waals surface area (Å²) in [6.45, 7) is 2.04. The molecule has 0 bridgehead atoms. The molecule has 1 N–H and O–H groups in total. The van der Waals surface area contributed by atoms with Crippen molar-refractivity contribution >= 4 is 32.2 Å². The van der Waals surface area contributed by atoms with Gasteiger partial charge in [0.05, 0.1) is 35.4 Å². The predicted molar refractivity (Wildman–Crippen MR) is 147 cm³/mol. The second kappa shape index (κ2) is 9.88. The van der Waals surface area contributed by atoms with Crippen molar-refractivity contribution in [1.82, 2.24) is 15.0 Å². The highest BCUT2D eigenvalue weighted by molar-refractivity contribution is 7.91. The quantitative estimate of drug-likeness (QED) is 0.288. The highest BCUT2D eigenvalue weighted by Gasteiger charge is 2.33. The van der Waals surface area contributed by atoms with Crippen LogP contribution in [0.2, 0.25) is 0 Å². The van der Waals surface area contributed by atoms with E-state index in [2.05, 4.69) is 20.9 Å². The summed E-state index contributed by atoms with van der Waals surface area (Å²) >= 11 is 0. The number of Topliss-reactive ketones (excluding diaryl/α,β-unsaturated/α-hetero) is 1. The van der Waals surface area contributed by atoms with Crippen molar-refractivity contribution in [3.8, 4) is 12.3 Å². The Labute approximate surface area is 220 Å². The number of nitrogens with one attached hydrogen (secondary N) is 1. The maximum Gasteiger partial charge on any atom is 0.258 e. The lowest BCUT2D eigenvalue weighted by molar-refractivity contribution is 0.0982. The average Bonchev–Trinajstić information content (AvgIpc) is 3.28. The second-order valence-electron chi connectivity index (χ2n) is 9.49. The summed E-state index contributed by atoms with van der Waals surface area (Å²) < 4.78 is 25.1. The van der Waals surface area contributed by atoms with E-state index < -0.39 is 20.9 Å². The van der Waals surface area contributed by atoms with Gasteiger partial charge in [0.15, 0.2) is 15.1 Å². The van der Waals surface area contributed by atoms with Gasteiger partial charge in [-0.15, -0.1) is 6.42 Å². The van der Waals surface area contributed by atoms with Gasteiger partial charge in [0, 0.05) is 6.26 Å². The van der Waals surface area contributed by atoms with Gasteiger partial charge < -0.3 is 9.88 Å². The molecule has 2 aromatic carbocycles. The number of hydrogen-bond donors (Lipinski definition) is 1. The largest absolute Gasteiger partial charge is 0.352 e. The van der Waals surface area contributed by atoms with Crippen LogP contribution in [0, 0.1) is 19.3 Å². The van der Waals surface area contributed by atoms with Crippen LogP contribution >= 0.6 is 0 Å². The topological polar surface area (TPSA) is 113 Å². The highest BCUT2D eigenvalue weighted by atomic mass is 32.2. The van der Waals surface area contributed by atoms with E-state index >= 15 is 0 Å². The Morgan fingerprint density at radius 1 is 1.21 bits per heavy atom. The van der Waals surface area contributed by atoms with E-state index in [4.69, 9.17) is 6.42 Å². The molecule has 4 aromatic rings. The number of sulfone groups is 1. The molecule has 0 saturated heterocycles. The second-order valence-corrected chi connectivity index (χ2v) is 11.6. The predicted octanol–water partition coefficient (Wildman–Crippen LogP) is 3.72. The zero-order chi connectivity index (χ0) is 27.0. The number of hydrogen-bond acceptors (Lipinski definition) is 7. The minimum atomic E-state index is -3.73. The van der Waals surface area contributed by atoms with E-state index in [-0.39, 0.29) is 23.8 Å².